The molecular formula is C13H22N4O3S. The van der Waals surface area contributed by atoms with E-state index >= 15 is 0 Å². The van der Waals surface area contributed by atoms with Crippen LogP contribution in [0.15, 0.2) is 23.1 Å². The van der Waals surface area contributed by atoms with E-state index in [0.717, 1.165) is 9.99 Å². The highest BCUT2D eigenvalue weighted by Crippen LogP contribution is 2.28. The van der Waals surface area contributed by atoms with E-state index in [4.69, 9.17) is 0 Å². The van der Waals surface area contributed by atoms with Crippen molar-refractivity contribution in [1.82, 2.24) is 9.62 Å². The van der Waals surface area contributed by atoms with Crippen molar-refractivity contribution >= 4 is 27.3 Å². The SMILES string of the molecule is CNCC(=O)Nc1cc(S(=O)(=O)N(C)C)ccc1N(C)C. The molecule has 0 aliphatic rings. The van der Waals surface area contributed by atoms with Crippen LogP contribution in [0, 0.1) is 0 Å². The lowest BCUT2D eigenvalue weighted by Crippen LogP contribution is -2.27. The molecule has 1 rings (SSSR count). The molecule has 2 N–H and O–H groups in total. The van der Waals surface area contributed by atoms with Crippen LogP contribution in [0.25, 0.3) is 0 Å². The summed E-state index contributed by atoms with van der Waals surface area (Å²) in [6.07, 6.45) is 0. The van der Waals surface area contributed by atoms with Crippen molar-refractivity contribution in [3.05, 3.63) is 18.2 Å². The summed E-state index contributed by atoms with van der Waals surface area (Å²) < 4.78 is 25.5. The number of rotatable bonds is 6. The van der Waals surface area contributed by atoms with E-state index in [2.05, 4.69) is 10.6 Å². The van der Waals surface area contributed by atoms with Crippen molar-refractivity contribution in [2.45, 2.75) is 4.90 Å². The van der Waals surface area contributed by atoms with Crippen LogP contribution >= 0.6 is 0 Å². The van der Waals surface area contributed by atoms with E-state index in [1.807, 2.05) is 14.1 Å². The van der Waals surface area contributed by atoms with Crippen molar-refractivity contribution in [3.8, 4) is 0 Å². The Morgan fingerprint density at radius 1 is 1.19 bits per heavy atom. The van der Waals surface area contributed by atoms with Gasteiger partial charge >= 0.3 is 0 Å². The fourth-order valence-corrected chi connectivity index (χ4v) is 2.66. The molecule has 0 atom stereocenters. The smallest absolute Gasteiger partial charge is 0.242 e. The van der Waals surface area contributed by atoms with Gasteiger partial charge in [0.25, 0.3) is 0 Å². The lowest BCUT2D eigenvalue weighted by molar-refractivity contribution is -0.115. The van der Waals surface area contributed by atoms with E-state index < -0.39 is 10.0 Å². The molecule has 0 bridgehead atoms. The first-order valence-corrected chi connectivity index (χ1v) is 7.82. The van der Waals surface area contributed by atoms with Crippen LogP contribution in [0.4, 0.5) is 11.4 Å². The fraction of sp³-hybridized carbons (Fsp3) is 0.462. The number of carbonyl (C=O) groups is 1. The number of carbonyl (C=O) groups excluding carboxylic acids is 1. The summed E-state index contributed by atoms with van der Waals surface area (Å²) in [6.45, 7) is 0.150. The largest absolute Gasteiger partial charge is 0.376 e. The minimum absolute atomic E-state index is 0.137. The third kappa shape index (κ3) is 4.16. The zero-order valence-corrected chi connectivity index (χ0v) is 13.8. The predicted octanol–water partition coefficient (Wildman–Crippen LogP) is 0.161. The molecule has 21 heavy (non-hydrogen) atoms. The Bertz CT molecular complexity index is 612. The monoisotopic (exact) mass is 314 g/mol. The lowest BCUT2D eigenvalue weighted by atomic mass is 10.2. The Hall–Kier alpha value is -1.64. The van der Waals surface area contributed by atoms with E-state index in [-0.39, 0.29) is 17.3 Å². The number of anilines is 2. The standard InChI is InChI=1S/C13H22N4O3S/c1-14-9-13(18)15-11-8-10(21(19,20)17(4)5)6-7-12(11)16(2)3/h6-8,14H,9H2,1-5H3,(H,15,18). The molecule has 0 saturated heterocycles. The third-order valence-corrected chi connectivity index (χ3v) is 4.65. The molecule has 0 aliphatic carbocycles. The van der Waals surface area contributed by atoms with E-state index in [1.165, 1.54) is 26.2 Å². The first kappa shape index (κ1) is 17.4. The minimum Gasteiger partial charge on any atom is -0.376 e. The van der Waals surface area contributed by atoms with Gasteiger partial charge in [-0.25, -0.2) is 12.7 Å². The van der Waals surface area contributed by atoms with Crippen molar-refractivity contribution in [1.29, 1.82) is 0 Å². The van der Waals surface area contributed by atoms with E-state index in [9.17, 15) is 13.2 Å². The third-order valence-electron chi connectivity index (χ3n) is 2.84. The summed E-state index contributed by atoms with van der Waals surface area (Å²) in [5.74, 6) is -0.236. The van der Waals surface area contributed by atoms with Crippen LogP contribution in [-0.2, 0) is 14.8 Å². The maximum atomic E-state index is 12.2. The zero-order valence-electron chi connectivity index (χ0n) is 13.0. The molecular weight excluding hydrogens is 292 g/mol. The van der Waals surface area contributed by atoms with Crippen LogP contribution < -0.4 is 15.5 Å². The lowest BCUT2D eigenvalue weighted by Gasteiger charge is -2.20. The second-order valence-electron chi connectivity index (χ2n) is 4.94. The van der Waals surface area contributed by atoms with E-state index in [1.54, 1.807) is 18.0 Å². The van der Waals surface area contributed by atoms with Crippen LogP contribution in [0.2, 0.25) is 0 Å². The molecule has 118 valence electrons. The van der Waals surface area contributed by atoms with Crippen LogP contribution in [0.3, 0.4) is 0 Å². The predicted molar refractivity (Wildman–Crippen MR) is 84.2 cm³/mol. The molecule has 0 fully saturated rings. The number of hydrogen-bond donors (Lipinski definition) is 2. The zero-order chi connectivity index (χ0) is 16.2. The second kappa shape index (κ2) is 6.88. The van der Waals surface area contributed by atoms with Crippen molar-refractivity contribution < 1.29 is 13.2 Å². The van der Waals surface area contributed by atoms with Gasteiger partial charge in [-0.15, -0.1) is 0 Å². The van der Waals surface area contributed by atoms with Gasteiger partial charge in [-0.05, 0) is 25.2 Å². The number of nitrogens with zero attached hydrogens (tertiary/aromatic N) is 2. The number of sulfonamides is 1. The first-order chi connectivity index (χ1) is 9.70. The summed E-state index contributed by atoms with van der Waals surface area (Å²) in [7, 11) is 4.70. The molecule has 7 nitrogen and oxygen atoms in total. The van der Waals surface area contributed by atoms with Gasteiger partial charge < -0.3 is 15.5 Å². The Morgan fingerprint density at radius 3 is 2.29 bits per heavy atom. The molecule has 0 aliphatic heterocycles. The molecule has 0 aromatic heterocycles. The van der Waals surface area contributed by atoms with Gasteiger partial charge in [-0.2, -0.15) is 0 Å². The fourth-order valence-electron chi connectivity index (χ4n) is 1.73. The summed E-state index contributed by atoms with van der Waals surface area (Å²) >= 11 is 0. The summed E-state index contributed by atoms with van der Waals surface area (Å²) in [5.41, 5.74) is 1.19. The van der Waals surface area contributed by atoms with Crippen molar-refractivity contribution in [3.63, 3.8) is 0 Å². The van der Waals surface area contributed by atoms with Crippen LogP contribution in [0.1, 0.15) is 0 Å². The Balaban J connectivity index is 3.28. The van der Waals surface area contributed by atoms with Crippen molar-refractivity contribution in [2.24, 2.45) is 0 Å². The Kier molecular flexibility index (Phi) is 5.70. The van der Waals surface area contributed by atoms with Gasteiger partial charge in [-0.1, -0.05) is 0 Å². The average molecular weight is 314 g/mol. The quantitative estimate of drug-likeness (QED) is 0.782. The van der Waals surface area contributed by atoms with Gasteiger partial charge in [0, 0.05) is 28.2 Å². The number of nitrogens with one attached hydrogen (secondary N) is 2. The van der Waals surface area contributed by atoms with Gasteiger partial charge in [0.1, 0.15) is 0 Å². The Morgan fingerprint density at radius 2 is 1.81 bits per heavy atom. The first-order valence-electron chi connectivity index (χ1n) is 6.38. The maximum absolute atomic E-state index is 12.2. The molecule has 0 spiro atoms. The molecule has 0 saturated carbocycles. The molecule has 0 radical (unpaired) electrons. The highest BCUT2D eigenvalue weighted by atomic mass is 32.2. The van der Waals surface area contributed by atoms with Crippen LogP contribution in [-0.4, -0.2) is 60.4 Å². The summed E-state index contributed by atoms with van der Waals surface area (Å²) in [6, 6.07) is 4.67. The van der Waals surface area contributed by atoms with E-state index in [0.29, 0.717) is 5.69 Å². The molecule has 1 aromatic rings. The number of hydrogen-bond acceptors (Lipinski definition) is 5. The molecule has 1 amide bonds. The minimum atomic E-state index is -3.54. The number of benzene rings is 1. The molecule has 8 heteroatoms. The maximum Gasteiger partial charge on any atom is 0.242 e. The molecule has 1 aromatic carbocycles. The summed E-state index contributed by atoms with van der Waals surface area (Å²) in [5, 5.41) is 5.47. The topological polar surface area (TPSA) is 81.8 Å². The van der Waals surface area contributed by atoms with Gasteiger partial charge in [0.2, 0.25) is 15.9 Å². The van der Waals surface area contributed by atoms with Gasteiger partial charge in [0.15, 0.2) is 0 Å². The normalized spacial score (nSPS) is 11.5. The summed E-state index contributed by atoms with van der Waals surface area (Å²) in [4.78, 5) is 13.7. The van der Waals surface area contributed by atoms with Gasteiger partial charge in [-0.3, -0.25) is 4.79 Å². The highest BCUT2D eigenvalue weighted by Gasteiger charge is 2.19. The van der Waals surface area contributed by atoms with Crippen molar-refractivity contribution in [2.75, 3.05) is 52.0 Å². The number of amides is 1. The molecule has 0 heterocycles. The Labute approximate surface area is 126 Å². The molecule has 0 unspecified atom stereocenters. The number of likely N-dealkylation sites (N-methyl/N-ethyl adjacent to an activating group) is 1. The van der Waals surface area contributed by atoms with Crippen LogP contribution in [0.5, 0.6) is 0 Å². The average Bonchev–Trinajstić information content (AvgIpc) is 2.38. The highest BCUT2D eigenvalue weighted by molar-refractivity contribution is 7.89. The van der Waals surface area contributed by atoms with Gasteiger partial charge in [0.05, 0.1) is 22.8 Å². The second-order valence-corrected chi connectivity index (χ2v) is 7.09.